The molecule has 0 unspecified atom stereocenters. The molecule has 1 radical (unpaired) electrons. The van der Waals surface area contributed by atoms with Crippen molar-refractivity contribution < 1.29 is 37.9 Å². The molecule has 15 heavy (non-hydrogen) atoms. The van der Waals surface area contributed by atoms with Crippen LogP contribution in [0.1, 0.15) is 22.3 Å². The second-order valence-corrected chi connectivity index (χ2v) is 2.69. The molecule has 1 aromatic carbocycles. The molecule has 0 fully saturated rings. The third-order valence-electron chi connectivity index (χ3n) is 1.71. The van der Waals surface area contributed by atoms with Gasteiger partial charge in [-0.05, 0) is 24.5 Å². The zero-order valence-electron chi connectivity index (χ0n) is 8.06. The molecule has 1 N–H and O–H groups in total. The van der Waals surface area contributed by atoms with Gasteiger partial charge in [0.05, 0.1) is 0 Å². The summed E-state index contributed by atoms with van der Waals surface area (Å²) in [4.78, 5) is 10.4. The first-order valence-corrected chi connectivity index (χ1v) is 4.02. The maximum absolute atomic E-state index is 10.4. The molecule has 0 aliphatic rings. The number of aliphatic hydroxyl groups is 1. The molecule has 4 nitrogen and oxygen atoms in total. The van der Waals surface area contributed by atoms with Gasteiger partial charge in [0.15, 0.2) is 0 Å². The average Bonchev–Trinajstić information content (AvgIpc) is 2.15. The molecule has 1 rings (SSSR count). The van der Waals surface area contributed by atoms with E-state index in [2.05, 4.69) is 0 Å². The molecule has 0 saturated heterocycles. The quantitative estimate of drug-likeness (QED) is 0.642. The van der Waals surface area contributed by atoms with Crippen LogP contribution in [0.2, 0.25) is 0 Å². The molecule has 0 atom stereocenters. The Hall–Kier alpha value is -0.711. The maximum atomic E-state index is 10.4. The maximum Gasteiger partial charge on any atom is 0.150 e. The van der Waals surface area contributed by atoms with Crippen molar-refractivity contribution in [3.05, 3.63) is 35.4 Å². The average molecular weight is 251 g/mol. The molecule has 0 aliphatic carbocycles. The van der Waals surface area contributed by atoms with E-state index in [0.717, 1.165) is 24.7 Å². The number of rotatable bonds is 4. The minimum atomic E-state index is 0. The molecule has 0 heterocycles. The van der Waals surface area contributed by atoms with Crippen LogP contribution in [0.15, 0.2) is 24.3 Å². The van der Waals surface area contributed by atoms with E-state index in [1.165, 1.54) is 0 Å². The number of carbonyl (C=O) groups is 1. The van der Waals surface area contributed by atoms with E-state index in [9.17, 15) is 4.79 Å². The Morgan fingerprint density at radius 1 is 1.27 bits per heavy atom. The monoisotopic (exact) mass is 251 g/mol. The zero-order valence-corrected chi connectivity index (χ0v) is 9.24. The van der Waals surface area contributed by atoms with Crippen LogP contribution in [-0.4, -0.2) is 18.0 Å². The van der Waals surface area contributed by atoms with Gasteiger partial charge in [-0.25, -0.2) is 0 Å². The molecular formula is C10H12MnO4-4. The first-order chi connectivity index (χ1) is 5.86. The predicted octanol–water partition coefficient (Wildman–Crippen LogP) is 1.18. The fourth-order valence-corrected chi connectivity index (χ4v) is 1.11. The van der Waals surface area contributed by atoms with Gasteiger partial charge in [0.2, 0.25) is 0 Å². The minimum Gasteiger partial charge on any atom is -2.00 e. The predicted molar refractivity (Wildman–Crippen MR) is 48.6 cm³/mol. The number of carbonyl (C=O) groups excluding carboxylic acids is 1. The van der Waals surface area contributed by atoms with Crippen molar-refractivity contribution in [3.63, 3.8) is 0 Å². The summed E-state index contributed by atoms with van der Waals surface area (Å²) in [6, 6.07) is 7.44. The van der Waals surface area contributed by atoms with Crippen LogP contribution < -0.4 is 0 Å². The molecule has 0 bridgehead atoms. The first-order valence-electron chi connectivity index (χ1n) is 4.02. The fraction of sp³-hybridized carbons (Fsp3) is 0.300. The van der Waals surface area contributed by atoms with Gasteiger partial charge in [-0.1, -0.05) is 18.2 Å². The fourth-order valence-electron chi connectivity index (χ4n) is 1.11. The smallest absolute Gasteiger partial charge is 0.150 e. The van der Waals surface area contributed by atoms with Gasteiger partial charge in [0, 0.05) is 29.2 Å². The Bertz CT molecular complexity index is 265. The molecule has 0 aliphatic heterocycles. The zero-order chi connectivity index (χ0) is 8.81. The van der Waals surface area contributed by atoms with Crippen molar-refractivity contribution in [2.75, 3.05) is 6.61 Å². The number of benzene rings is 1. The Morgan fingerprint density at radius 3 is 2.47 bits per heavy atom. The largest absolute Gasteiger partial charge is 2.00 e. The summed E-state index contributed by atoms with van der Waals surface area (Å²) >= 11 is 0. The van der Waals surface area contributed by atoms with Gasteiger partial charge >= 0.3 is 0 Å². The number of aliphatic hydroxyl groups excluding tert-OH is 1. The molecular weight excluding hydrogens is 239 g/mol. The Kier molecular flexibility index (Phi) is 15.0. The van der Waals surface area contributed by atoms with Gasteiger partial charge in [-0.3, -0.25) is 4.79 Å². The van der Waals surface area contributed by atoms with E-state index >= 15 is 0 Å². The summed E-state index contributed by atoms with van der Waals surface area (Å²) in [5.74, 6) is 0. The van der Waals surface area contributed by atoms with Crippen molar-refractivity contribution in [1.82, 2.24) is 0 Å². The molecule has 0 aromatic heterocycles. The van der Waals surface area contributed by atoms with Crippen molar-refractivity contribution in [2.24, 2.45) is 0 Å². The molecule has 0 amide bonds. The van der Waals surface area contributed by atoms with E-state index in [4.69, 9.17) is 5.11 Å². The third-order valence-corrected chi connectivity index (χ3v) is 1.71. The molecule has 0 saturated carbocycles. The van der Waals surface area contributed by atoms with E-state index < -0.39 is 0 Å². The Morgan fingerprint density at radius 2 is 1.93 bits per heavy atom. The van der Waals surface area contributed by atoms with Crippen molar-refractivity contribution in [3.8, 4) is 0 Å². The SMILES string of the molecule is O=Cc1cccc(CCCO)c1.[Mn].[O-2].[O-2]. The van der Waals surface area contributed by atoms with Crippen LogP contribution in [0.5, 0.6) is 0 Å². The number of hydrogen-bond acceptors (Lipinski definition) is 2. The molecule has 0 spiro atoms. The summed E-state index contributed by atoms with van der Waals surface area (Å²) in [7, 11) is 0. The minimum absolute atomic E-state index is 0. The van der Waals surface area contributed by atoms with Crippen LogP contribution >= 0.6 is 0 Å². The van der Waals surface area contributed by atoms with Crippen molar-refractivity contribution in [1.29, 1.82) is 0 Å². The molecule has 1 aromatic rings. The van der Waals surface area contributed by atoms with Gasteiger partial charge in [-0.2, -0.15) is 0 Å². The van der Waals surface area contributed by atoms with Crippen LogP contribution in [-0.2, 0) is 34.4 Å². The normalized spacial score (nSPS) is 7.80. The summed E-state index contributed by atoms with van der Waals surface area (Å²) in [6.45, 7) is 0.200. The van der Waals surface area contributed by atoms with Crippen LogP contribution in [0.4, 0.5) is 0 Å². The Labute approximate surface area is 99.4 Å². The van der Waals surface area contributed by atoms with Gasteiger partial charge in [0.1, 0.15) is 6.29 Å². The van der Waals surface area contributed by atoms with E-state index in [1.807, 2.05) is 18.2 Å². The number of aryl methyl sites for hydroxylation is 1. The van der Waals surface area contributed by atoms with Crippen LogP contribution in [0, 0.1) is 0 Å². The number of hydrogen-bond donors (Lipinski definition) is 1. The van der Waals surface area contributed by atoms with E-state index in [1.54, 1.807) is 6.07 Å². The van der Waals surface area contributed by atoms with Crippen LogP contribution in [0.25, 0.3) is 0 Å². The van der Waals surface area contributed by atoms with Gasteiger partial charge in [0.25, 0.3) is 0 Å². The third kappa shape index (κ3) is 7.25. The van der Waals surface area contributed by atoms with E-state index in [-0.39, 0.29) is 34.6 Å². The van der Waals surface area contributed by atoms with Gasteiger partial charge in [-0.15, -0.1) is 0 Å². The second kappa shape index (κ2) is 11.4. The first kappa shape index (κ1) is 19.8. The van der Waals surface area contributed by atoms with Crippen molar-refractivity contribution >= 4 is 6.29 Å². The second-order valence-electron chi connectivity index (χ2n) is 2.69. The van der Waals surface area contributed by atoms with Crippen molar-refractivity contribution in [2.45, 2.75) is 12.8 Å². The summed E-state index contributed by atoms with van der Waals surface area (Å²) in [5.41, 5.74) is 1.80. The topological polar surface area (TPSA) is 94.3 Å². The summed E-state index contributed by atoms with van der Waals surface area (Å²) < 4.78 is 0. The Balaban J connectivity index is -0.000000480. The molecule has 5 heteroatoms. The summed E-state index contributed by atoms with van der Waals surface area (Å²) in [6.07, 6.45) is 2.42. The summed E-state index contributed by atoms with van der Waals surface area (Å²) in [5, 5.41) is 8.58. The standard InChI is InChI=1S/C10H12O2.Mn.2O/c11-6-2-5-9-3-1-4-10(7-9)8-12;;;/h1,3-4,7-8,11H,2,5-6H2;;;/q;;2*-2. The van der Waals surface area contributed by atoms with Crippen LogP contribution in [0.3, 0.4) is 0 Å². The number of aldehydes is 1. The van der Waals surface area contributed by atoms with Gasteiger partial charge < -0.3 is 16.1 Å². The van der Waals surface area contributed by atoms with E-state index in [0.29, 0.717) is 5.56 Å². The molecule has 87 valence electrons.